The van der Waals surface area contributed by atoms with Gasteiger partial charge in [0.25, 0.3) is 0 Å². The van der Waals surface area contributed by atoms with Crippen molar-refractivity contribution in [1.29, 1.82) is 0 Å². The molecule has 0 nitrogen and oxygen atoms in total. The first kappa shape index (κ1) is 13.3. The minimum Gasteiger partial charge on any atom is -0.505 e. The maximum atomic E-state index is 3.31. The van der Waals surface area contributed by atoms with Crippen LogP contribution in [0.15, 0.2) is 6.08 Å². The second-order valence-electron chi connectivity index (χ2n) is 3.20. The molecule has 1 aliphatic carbocycles. The van der Waals surface area contributed by atoms with Crippen LogP contribution in [0.3, 0.4) is 0 Å². The Bertz CT molecular complexity index is 104. The van der Waals surface area contributed by atoms with Crippen molar-refractivity contribution in [3.8, 4) is 0 Å². The zero-order chi connectivity index (χ0) is 8.49. The quantitative estimate of drug-likeness (QED) is 0.428. The molecule has 77 valence electrons. The Morgan fingerprint density at radius 3 is 2.23 bits per heavy atom. The predicted molar refractivity (Wildman–Crippen MR) is 53.0 cm³/mol. The summed E-state index contributed by atoms with van der Waals surface area (Å²) in [5.41, 5.74) is 0. The van der Waals surface area contributed by atoms with Gasteiger partial charge in [0.05, 0.1) is 0 Å². The van der Waals surface area contributed by atoms with Crippen LogP contribution in [-0.4, -0.2) is 0 Å². The van der Waals surface area contributed by atoms with Crippen molar-refractivity contribution in [3.63, 3.8) is 0 Å². The van der Waals surface area contributed by atoms with E-state index in [9.17, 15) is 0 Å². The first-order chi connectivity index (χ1) is 6.00. The SMILES string of the molecule is [C-]1=CC[CH-]CC[CH-]CC[CH-]CC1.[Mn]. The summed E-state index contributed by atoms with van der Waals surface area (Å²) < 4.78 is 0. The monoisotopic (exact) mass is 217 g/mol. The van der Waals surface area contributed by atoms with Crippen molar-refractivity contribution >= 4 is 0 Å². The van der Waals surface area contributed by atoms with Crippen LogP contribution < -0.4 is 0 Å². The maximum absolute atomic E-state index is 3.31. The fourth-order valence-corrected chi connectivity index (χ4v) is 1.33. The smallest absolute Gasteiger partial charge is 0 e. The average Bonchev–Trinajstić information content (AvgIpc) is 2.05. The molecule has 0 unspecified atom stereocenters. The number of hydrogen-bond donors (Lipinski definition) is 0. The molecular weight excluding hydrogens is 199 g/mol. The van der Waals surface area contributed by atoms with Gasteiger partial charge in [-0.25, -0.2) is 38.5 Å². The van der Waals surface area contributed by atoms with E-state index in [2.05, 4.69) is 31.4 Å². The molecule has 0 fully saturated rings. The van der Waals surface area contributed by atoms with Crippen molar-refractivity contribution in [1.82, 2.24) is 0 Å². The van der Waals surface area contributed by atoms with Crippen LogP contribution in [0.1, 0.15) is 44.9 Å². The van der Waals surface area contributed by atoms with Crippen molar-refractivity contribution in [2.45, 2.75) is 44.9 Å². The van der Waals surface area contributed by atoms with Gasteiger partial charge in [0.15, 0.2) is 0 Å². The first-order valence-electron chi connectivity index (χ1n) is 5.00. The van der Waals surface area contributed by atoms with Crippen molar-refractivity contribution in [2.24, 2.45) is 0 Å². The molecular formula is C12H18Mn-4. The van der Waals surface area contributed by atoms with Gasteiger partial charge in [-0.3, -0.25) is 6.08 Å². The predicted octanol–water partition coefficient (Wildman–Crippen LogP) is 3.70. The van der Waals surface area contributed by atoms with Gasteiger partial charge < -0.3 is 25.3 Å². The van der Waals surface area contributed by atoms with Crippen LogP contribution in [0.5, 0.6) is 0 Å². The molecule has 0 atom stereocenters. The standard InChI is InChI=1S/C12H18.Mn/c1-2-4-6-8-10-12-11-9-7-5-3-1;/h1,4,7,12H,2-3,5,8-11H2;/q-4;. The van der Waals surface area contributed by atoms with E-state index < -0.39 is 0 Å². The Kier molecular flexibility index (Phi) is 10.5. The fourth-order valence-electron chi connectivity index (χ4n) is 1.33. The van der Waals surface area contributed by atoms with Gasteiger partial charge >= 0.3 is 0 Å². The fraction of sp³-hybridized carbons (Fsp3) is 0.583. The van der Waals surface area contributed by atoms with E-state index in [-0.39, 0.29) is 17.1 Å². The van der Waals surface area contributed by atoms with E-state index in [1.165, 1.54) is 32.1 Å². The summed E-state index contributed by atoms with van der Waals surface area (Å²) in [5.74, 6) is 0. The van der Waals surface area contributed by atoms with E-state index in [1.54, 1.807) is 0 Å². The zero-order valence-corrected chi connectivity index (χ0v) is 9.32. The van der Waals surface area contributed by atoms with Crippen molar-refractivity contribution < 1.29 is 17.1 Å². The molecule has 0 aromatic carbocycles. The maximum Gasteiger partial charge on any atom is 0 e. The van der Waals surface area contributed by atoms with Gasteiger partial charge in [-0.05, 0) is 0 Å². The second kappa shape index (κ2) is 10.3. The van der Waals surface area contributed by atoms with Crippen LogP contribution >= 0.6 is 0 Å². The van der Waals surface area contributed by atoms with Crippen LogP contribution in [0.4, 0.5) is 0 Å². The van der Waals surface area contributed by atoms with Crippen LogP contribution in [0, 0.1) is 25.3 Å². The Balaban J connectivity index is 0.00000144. The molecule has 13 heavy (non-hydrogen) atoms. The van der Waals surface area contributed by atoms with Crippen LogP contribution in [0.2, 0.25) is 0 Å². The third-order valence-corrected chi connectivity index (χ3v) is 2.07. The van der Waals surface area contributed by atoms with Gasteiger partial charge in [0.1, 0.15) is 0 Å². The molecule has 0 saturated carbocycles. The van der Waals surface area contributed by atoms with E-state index in [1.807, 2.05) is 0 Å². The Hall–Kier alpha value is 0.259. The topological polar surface area (TPSA) is 0 Å². The average molecular weight is 217 g/mol. The minimum absolute atomic E-state index is 0. The van der Waals surface area contributed by atoms with E-state index in [0.29, 0.717) is 0 Å². The molecule has 0 aromatic heterocycles. The molecule has 0 heterocycles. The number of hydrogen-bond acceptors (Lipinski definition) is 0. The van der Waals surface area contributed by atoms with Gasteiger partial charge in [-0.15, -0.1) is 0 Å². The van der Waals surface area contributed by atoms with Crippen LogP contribution in [0.25, 0.3) is 0 Å². The molecule has 0 aliphatic heterocycles. The molecule has 1 heteroatoms. The summed E-state index contributed by atoms with van der Waals surface area (Å²) in [6.45, 7) is 0. The van der Waals surface area contributed by atoms with E-state index in [0.717, 1.165) is 12.8 Å². The molecule has 1 rings (SSSR count). The second-order valence-corrected chi connectivity index (χ2v) is 3.20. The molecule has 0 bridgehead atoms. The third kappa shape index (κ3) is 8.59. The largest absolute Gasteiger partial charge is 0.505 e. The van der Waals surface area contributed by atoms with Crippen molar-refractivity contribution in [2.75, 3.05) is 0 Å². The van der Waals surface area contributed by atoms with Gasteiger partial charge in [-0.1, -0.05) is 0 Å². The summed E-state index contributed by atoms with van der Waals surface area (Å²) in [6, 6.07) is 0. The van der Waals surface area contributed by atoms with Crippen molar-refractivity contribution in [3.05, 3.63) is 31.4 Å². The zero-order valence-electron chi connectivity index (χ0n) is 8.14. The molecule has 0 saturated heterocycles. The summed E-state index contributed by atoms with van der Waals surface area (Å²) in [6.07, 6.45) is 21.0. The first-order valence-corrected chi connectivity index (χ1v) is 5.00. The Labute approximate surface area is 93.7 Å². The normalized spacial score (nSPS) is 20.9. The molecule has 0 N–H and O–H groups in total. The van der Waals surface area contributed by atoms with E-state index in [4.69, 9.17) is 0 Å². The molecule has 0 amide bonds. The third-order valence-electron chi connectivity index (χ3n) is 2.07. The number of rotatable bonds is 0. The molecule has 0 aromatic rings. The van der Waals surface area contributed by atoms with Gasteiger partial charge in [0, 0.05) is 17.1 Å². The van der Waals surface area contributed by atoms with Crippen LogP contribution in [-0.2, 0) is 17.1 Å². The Morgan fingerprint density at radius 1 is 0.846 bits per heavy atom. The Morgan fingerprint density at radius 2 is 1.46 bits per heavy atom. The summed E-state index contributed by atoms with van der Waals surface area (Å²) in [4.78, 5) is 0. The number of allylic oxidation sites excluding steroid dienone is 2. The molecule has 1 radical (unpaired) electrons. The summed E-state index contributed by atoms with van der Waals surface area (Å²) in [7, 11) is 0. The van der Waals surface area contributed by atoms with Gasteiger partial charge in [0.2, 0.25) is 0 Å². The molecule has 0 spiro atoms. The van der Waals surface area contributed by atoms with E-state index >= 15 is 0 Å². The minimum atomic E-state index is 0. The van der Waals surface area contributed by atoms with Gasteiger partial charge in [-0.2, -0.15) is 6.42 Å². The summed E-state index contributed by atoms with van der Waals surface area (Å²) >= 11 is 0. The summed E-state index contributed by atoms with van der Waals surface area (Å²) in [5, 5.41) is 0. The molecule has 1 aliphatic rings.